The Balaban J connectivity index is 2.16. The van der Waals surface area contributed by atoms with E-state index in [-0.39, 0.29) is 18.1 Å². The van der Waals surface area contributed by atoms with E-state index in [0.717, 1.165) is 19.3 Å². The van der Waals surface area contributed by atoms with Gasteiger partial charge in [-0.25, -0.2) is 0 Å². The molecule has 0 aliphatic heterocycles. The van der Waals surface area contributed by atoms with E-state index in [9.17, 15) is 10.2 Å². The van der Waals surface area contributed by atoms with Gasteiger partial charge >= 0.3 is 0 Å². The molecule has 2 aliphatic rings. The third kappa shape index (κ3) is 0.634. The summed E-state index contributed by atoms with van der Waals surface area (Å²) < 4.78 is 0. The van der Waals surface area contributed by atoms with Gasteiger partial charge in [-0.15, -0.1) is 0 Å². The van der Waals surface area contributed by atoms with Crippen LogP contribution in [0.2, 0.25) is 0 Å². The maximum atomic E-state index is 9.34. The molecule has 2 saturated carbocycles. The molecule has 0 amide bonds. The number of fused-ring (bicyclic) bond motifs is 2. The van der Waals surface area contributed by atoms with E-state index in [1.54, 1.807) is 0 Å². The fourth-order valence-corrected chi connectivity index (χ4v) is 2.26. The van der Waals surface area contributed by atoms with Crippen molar-refractivity contribution < 1.29 is 10.2 Å². The van der Waals surface area contributed by atoms with Crippen molar-refractivity contribution in [2.45, 2.75) is 31.5 Å². The highest BCUT2D eigenvalue weighted by molar-refractivity contribution is 4.96. The van der Waals surface area contributed by atoms with E-state index in [1.807, 2.05) is 0 Å². The van der Waals surface area contributed by atoms with Crippen LogP contribution in [0.25, 0.3) is 0 Å². The molecule has 52 valence electrons. The highest BCUT2D eigenvalue weighted by Crippen LogP contribution is 2.44. The Morgan fingerprint density at radius 2 is 1.89 bits per heavy atom. The van der Waals surface area contributed by atoms with Crippen molar-refractivity contribution in [2.24, 2.45) is 11.8 Å². The smallest absolute Gasteiger partial charge is 0.0622 e. The molecule has 0 aromatic carbocycles. The minimum absolute atomic E-state index is 0.181. The highest BCUT2D eigenvalue weighted by Gasteiger charge is 2.46. The fourth-order valence-electron chi connectivity index (χ4n) is 2.26. The quantitative estimate of drug-likeness (QED) is 0.487. The third-order valence-electron chi connectivity index (χ3n) is 2.83. The van der Waals surface area contributed by atoms with Crippen LogP contribution in [0.3, 0.4) is 0 Å². The van der Waals surface area contributed by atoms with Crippen LogP contribution in [-0.2, 0) is 0 Å². The average molecular weight is 128 g/mol. The van der Waals surface area contributed by atoms with Crippen LogP contribution in [-0.4, -0.2) is 22.4 Å². The van der Waals surface area contributed by atoms with Gasteiger partial charge in [0.1, 0.15) is 0 Å². The maximum Gasteiger partial charge on any atom is 0.0622 e. The van der Waals surface area contributed by atoms with Crippen LogP contribution < -0.4 is 0 Å². The van der Waals surface area contributed by atoms with E-state index in [4.69, 9.17) is 0 Å². The SMILES string of the molecule is O[C@@H]1[C@@H]2CC[C@H]1[C@H](O)C2. The summed E-state index contributed by atoms with van der Waals surface area (Å²) in [5.74, 6) is 0.639. The molecule has 0 spiro atoms. The van der Waals surface area contributed by atoms with Gasteiger partial charge < -0.3 is 10.2 Å². The first-order chi connectivity index (χ1) is 4.29. The highest BCUT2D eigenvalue weighted by atomic mass is 16.3. The fraction of sp³-hybridized carbons (Fsp3) is 1.00. The molecule has 0 unspecified atom stereocenters. The molecule has 0 aromatic rings. The van der Waals surface area contributed by atoms with Gasteiger partial charge in [0, 0.05) is 5.92 Å². The van der Waals surface area contributed by atoms with Gasteiger partial charge in [0.15, 0.2) is 0 Å². The van der Waals surface area contributed by atoms with E-state index < -0.39 is 0 Å². The van der Waals surface area contributed by atoms with E-state index in [0.29, 0.717) is 5.92 Å². The van der Waals surface area contributed by atoms with Crippen LogP contribution >= 0.6 is 0 Å². The first-order valence-corrected chi connectivity index (χ1v) is 3.65. The van der Waals surface area contributed by atoms with Gasteiger partial charge in [0.25, 0.3) is 0 Å². The van der Waals surface area contributed by atoms with Gasteiger partial charge in [-0.1, -0.05) is 0 Å². The molecular weight excluding hydrogens is 116 g/mol. The number of aliphatic hydroxyl groups is 2. The molecule has 2 aliphatic carbocycles. The number of aliphatic hydroxyl groups excluding tert-OH is 2. The predicted octanol–water partition coefficient (Wildman–Crippen LogP) is 0.138. The van der Waals surface area contributed by atoms with E-state index in [2.05, 4.69) is 0 Å². The van der Waals surface area contributed by atoms with E-state index in [1.165, 1.54) is 0 Å². The molecule has 2 N–H and O–H groups in total. The molecule has 2 rings (SSSR count). The van der Waals surface area contributed by atoms with Crippen LogP contribution in [0.4, 0.5) is 0 Å². The van der Waals surface area contributed by atoms with Gasteiger partial charge in [-0.3, -0.25) is 0 Å². The summed E-state index contributed by atoms with van der Waals surface area (Å²) in [6.45, 7) is 0. The Morgan fingerprint density at radius 1 is 1.11 bits per heavy atom. The molecule has 2 heteroatoms. The van der Waals surface area contributed by atoms with Crippen LogP contribution in [0.1, 0.15) is 19.3 Å². The lowest BCUT2D eigenvalue weighted by molar-refractivity contribution is 0.0738. The minimum Gasteiger partial charge on any atom is -0.393 e. The summed E-state index contributed by atoms with van der Waals surface area (Å²) in [6.07, 6.45) is 2.63. The van der Waals surface area contributed by atoms with Crippen LogP contribution in [0.5, 0.6) is 0 Å². The van der Waals surface area contributed by atoms with Gasteiger partial charge in [0.05, 0.1) is 12.2 Å². The lowest BCUT2D eigenvalue weighted by Gasteiger charge is -2.13. The zero-order valence-electron chi connectivity index (χ0n) is 5.33. The number of hydrogen-bond acceptors (Lipinski definition) is 2. The molecule has 4 atom stereocenters. The lowest BCUT2D eigenvalue weighted by Crippen LogP contribution is -2.19. The summed E-state index contributed by atoms with van der Waals surface area (Å²) in [5.41, 5.74) is 0. The van der Waals surface area contributed by atoms with Crippen molar-refractivity contribution in [1.82, 2.24) is 0 Å². The van der Waals surface area contributed by atoms with Gasteiger partial charge in [0.2, 0.25) is 0 Å². The second kappa shape index (κ2) is 1.70. The molecular formula is C7H12O2. The van der Waals surface area contributed by atoms with Gasteiger partial charge in [-0.2, -0.15) is 0 Å². The molecule has 0 heterocycles. The normalized spacial score (nSPS) is 56.7. The summed E-state index contributed by atoms with van der Waals surface area (Å²) in [5, 5.41) is 18.6. The standard InChI is InChI=1S/C7H12O2/c8-6-3-4-1-2-5(6)7(4)9/h4-9H,1-3H2/t4-,5+,6-,7-/m1/s1. The Morgan fingerprint density at radius 3 is 2.11 bits per heavy atom. The maximum absolute atomic E-state index is 9.34. The summed E-state index contributed by atoms with van der Waals surface area (Å²) in [6, 6.07) is 0. The average Bonchev–Trinajstić information content (AvgIpc) is 2.25. The molecule has 0 aromatic heterocycles. The Kier molecular flexibility index (Phi) is 1.08. The molecule has 2 nitrogen and oxygen atoms in total. The number of hydrogen-bond donors (Lipinski definition) is 2. The summed E-state index contributed by atoms with van der Waals surface area (Å²) in [7, 11) is 0. The van der Waals surface area contributed by atoms with Crippen molar-refractivity contribution in [1.29, 1.82) is 0 Å². The Bertz CT molecular complexity index is 124. The minimum atomic E-state index is -0.196. The van der Waals surface area contributed by atoms with Gasteiger partial charge in [-0.05, 0) is 25.2 Å². The first kappa shape index (κ1) is 5.69. The van der Waals surface area contributed by atoms with Crippen molar-refractivity contribution in [3.05, 3.63) is 0 Å². The zero-order chi connectivity index (χ0) is 6.43. The van der Waals surface area contributed by atoms with Crippen molar-refractivity contribution in [2.75, 3.05) is 0 Å². The number of rotatable bonds is 0. The van der Waals surface area contributed by atoms with E-state index >= 15 is 0 Å². The zero-order valence-corrected chi connectivity index (χ0v) is 5.33. The molecule has 2 bridgehead atoms. The van der Waals surface area contributed by atoms with Crippen molar-refractivity contribution >= 4 is 0 Å². The second-order valence-electron chi connectivity index (χ2n) is 3.29. The topological polar surface area (TPSA) is 40.5 Å². The predicted molar refractivity (Wildman–Crippen MR) is 32.8 cm³/mol. The Hall–Kier alpha value is -0.0800. The summed E-state index contributed by atoms with van der Waals surface area (Å²) >= 11 is 0. The van der Waals surface area contributed by atoms with Crippen LogP contribution in [0.15, 0.2) is 0 Å². The molecule has 9 heavy (non-hydrogen) atoms. The molecule has 0 radical (unpaired) electrons. The second-order valence-corrected chi connectivity index (χ2v) is 3.29. The van der Waals surface area contributed by atoms with Crippen LogP contribution in [0, 0.1) is 11.8 Å². The monoisotopic (exact) mass is 128 g/mol. The molecule has 2 fully saturated rings. The lowest BCUT2D eigenvalue weighted by atomic mass is 9.98. The molecule has 0 saturated heterocycles. The largest absolute Gasteiger partial charge is 0.393 e. The summed E-state index contributed by atoms with van der Waals surface area (Å²) in [4.78, 5) is 0. The Labute approximate surface area is 54.5 Å². The first-order valence-electron chi connectivity index (χ1n) is 3.65. The van der Waals surface area contributed by atoms with Crippen molar-refractivity contribution in [3.8, 4) is 0 Å². The third-order valence-corrected chi connectivity index (χ3v) is 2.83. The van der Waals surface area contributed by atoms with Crippen molar-refractivity contribution in [3.63, 3.8) is 0 Å².